The summed E-state index contributed by atoms with van der Waals surface area (Å²) in [6.45, 7) is 6.29. The van der Waals surface area contributed by atoms with E-state index in [4.69, 9.17) is 9.47 Å². The van der Waals surface area contributed by atoms with E-state index in [-0.39, 0.29) is 36.3 Å². The molecular weight excluding hydrogens is 498 g/mol. The highest BCUT2D eigenvalue weighted by Gasteiger charge is 2.75. The Hall–Kier alpha value is -2.65. The van der Waals surface area contributed by atoms with Gasteiger partial charge in [0.2, 0.25) is 17.7 Å². The Balaban J connectivity index is 1.43. The highest BCUT2D eigenvalue weighted by molar-refractivity contribution is 6.02. The van der Waals surface area contributed by atoms with Gasteiger partial charge in [-0.1, -0.05) is 33.1 Å². The van der Waals surface area contributed by atoms with Crippen LogP contribution < -0.4 is 15.4 Å². The van der Waals surface area contributed by atoms with Gasteiger partial charge in [0.25, 0.3) is 0 Å². The first-order valence-corrected chi connectivity index (χ1v) is 14.7. The average molecular weight is 542 g/mol. The standard InChI is InChI=1S/C30H43N3O6/c1-4-38-22-12-10-20(11-13-22)31-27(35)24-23-14-15-30(39-23)25(24)29(37)33(21(17-34)16-18(2)3)26(30)28(36)32-19-8-6-5-7-9-19/h10-13,18-19,21,23-26,34H,4-9,14-17H2,1-3H3,(H,31,35)(H,32,36)/t21-,23+,24-,25+,26?,30?/m1/s1. The second kappa shape index (κ2) is 11.5. The number of ether oxygens (including phenoxy) is 2. The van der Waals surface area contributed by atoms with Crippen LogP contribution in [0.15, 0.2) is 24.3 Å². The van der Waals surface area contributed by atoms with E-state index in [1.807, 2.05) is 20.8 Å². The summed E-state index contributed by atoms with van der Waals surface area (Å²) >= 11 is 0. The number of benzene rings is 1. The number of nitrogens with one attached hydrogen (secondary N) is 2. The number of carbonyl (C=O) groups is 3. The topological polar surface area (TPSA) is 117 Å². The third-order valence-electron chi connectivity index (χ3n) is 9.02. The average Bonchev–Trinajstić information content (AvgIpc) is 3.56. The van der Waals surface area contributed by atoms with Crippen molar-refractivity contribution in [2.75, 3.05) is 18.5 Å². The Morgan fingerprint density at radius 1 is 1.13 bits per heavy atom. The molecule has 0 aromatic heterocycles. The second-order valence-corrected chi connectivity index (χ2v) is 12.1. The smallest absolute Gasteiger partial charge is 0.246 e. The van der Waals surface area contributed by atoms with Crippen molar-refractivity contribution < 1.29 is 29.0 Å². The van der Waals surface area contributed by atoms with Crippen molar-refractivity contribution >= 4 is 23.4 Å². The van der Waals surface area contributed by atoms with E-state index in [1.54, 1.807) is 29.2 Å². The lowest BCUT2D eigenvalue weighted by atomic mass is 9.70. The number of fused-ring (bicyclic) bond motifs is 1. The van der Waals surface area contributed by atoms with Crippen molar-refractivity contribution in [1.82, 2.24) is 10.2 Å². The Kier molecular flexibility index (Phi) is 8.19. The van der Waals surface area contributed by atoms with Gasteiger partial charge < -0.3 is 30.1 Å². The zero-order valence-electron chi connectivity index (χ0n) is 23.4. The summed E-state index contributed by atoms with van der Waals surface area (Å²) in [6.07, 6.45) is 6.46. The second-order valence-electron chi connectivity index (χ2n) is 12.1. The predicted molar refractivity (Wildman–Crippen MR) is 146 cm³/mol. The van der Waals surface area contributed by atoms with Gasteiger partial charge in [0.05, 0.1) is 37.2 Å². The fraction of sp³-hybridized carbons (Fsp3) is 0.700. The lowest BCUT2D eigenvalue weighted by Gasteiger charge is -2.38. The fourth-order valence-corrected chi connectivity index (χ4v) is 7.46. The van der Waals surface area contributed by atoms with E-state index in [0.29, 0.717) is 37.3 Å². The predicted octanol–water partition coefficient (Wildman–Crippen LogP) is 3.25. The monoisotopic (exact) mass is 541 g/mol. The highest BCUT2D eigenvalue weighted by atomic mass is 16.5. The van der Waals surface area contributed by atoms with Crippen LogP contribution in [0.1, 0.15) is 72.1 Å². The number of hydrogen-bond acceptors (Lipinski definition) is 6. The maximum Gasteiger partial charge on any atom is 0.246 e. The van der Waals surface area contributed by atoms with Crippen molar-refractivity contribution in [2.45, 2.75) is 102 Å². The van der Waals surface area contributed by atoms with Crippen molar-refractivity contribution in [1.29, 1.82) is 0 Å². The molecule has 5 rings (SSSR count). The maximum absolute atomic E-state index is 14.2. The summed E-state index contributed by atoms with van der Waals surface area (Å²) in [7, 11) is 0. The number of carbonyl (C=O) groups excluding carboxylic acids is 3. The van der Waals surface area contributed by atoms with Crippen LogP contribution in [-0.4, -0.2) is 70.8 Å². The van der Waals surface area contributed by atoms with Gasteiger partial charge in [0, 0.05) is 11.7 Å². The van der Waals surface area contributed by atoms with Crippen LogP contribution in [0.2, 0.25) is 0 Å². The first-order valence-electron chi connectivity index (χ1n) is 14.7. The molecule has 3 heterocycles. The van der Waals surface area contributed by atoms with Gasteiger partial charge in [-0.2, -0.15) is 0 Å². The van der Waals surface area contributed by atoms with Gasteiger partial charge in [-0.3, -0.25) is 14.4 Å². The Morgan fingerprint density at radius 3 is 2.49 bits per heavy atom. The first-order chi connectivity index (χ1) is 18.8. The molecule has 3 saturated heterocycles. The van der Waals surface area contributed by atoms with Crippen molar-refractivity contribution in [3.05, 3.63) is 24.3 Å². The minimum Gasteiger partial charge on any atom is -0.494 e. The van der Waals surface area contributed by atoms with E-state index in [0.717, 1.165) is 25.7 Å². The summed E-state index contributed by atoms with van der Waals surface area (Å²) in [5.41, 5.74) is -0.451. The lowest BCUT2D eigenvalue weighted by Crippen LogP contribution is -2.59. The zero-order chi connectivity index (χ0) is 27.7. The molecule has 3 N–H and O–H groups in total. The molecule has 1 aromatic carbocycles. The molecule has 1 spiro atoms. The van der Waals surface area contributed by atoms with Crippen molar-refractivity contribution in [2.24, 2.45) is 17.8 Å². The molecule has 39 heavy (non-hydrogen) atoms. The molecule has 1 saturated carbocycles. The number of aliphatic hydroxyl groups excluding tert-OH is 1. The molecule has 4 fully saturated rings. The third kappa shape index (κ3) is 5.15. The van der Waals surface area contributed by atoms with Gasteiger partial charge >= 0.3 is 0 Å². The molecule has 1 aliphatic carbocycles. The molecule has 214 valence electrons. The summed E-state index contributed by atoms with van der Waals surface area (Å²) in [6, 6.07) is 5.85. The first kappa shape index (κ1) is 27.9. The number of hydrogen-bond donors (Lipinski definition) is 3. The largest absolute Gasteiger partial charge is 0.494 e. The highest BCUT2D eigenvalue weighted by Crippen LogP contribution is 2.59. The van der Waals surface area contributed by atoms with Crippen molar-refractivity contribution in [3.63, 3.8) is 0 Å². The van der Waals surface area contributed by atoms with Gasteiger partial charge in [0.1, 0.15) is 17.4 Å². The van der Waals surface area contributed by atoms with Crippen LogP contribution in [0, 0.1) is 17.8 Å². The number of rotatable bonds is 10. The number of aliphatic hydroxyl groups is 1. The van der Waals surface area contributed by atoms with Gasteiger partial charge in [-0.15, -0.1) is 0 Å². The fourth-order valence-electron chi connectivity index (χ4n) is 7.46. The summed E-state index contributed by atoms with van der Waals surface area (Å²) in [5.74, 6) is -1.28. The van der Waals surface area contributed by atoms with Crippen LogP contribution >= 0.6 is 0 Å². The normalized spacial score (nSPS) is 30.9. The molecule has 9 heteroatoms. The van der Waals surface area contributed by atoms with Crippen LogP contribution in [0.25, 0.3) is 0 Å². The van der Waals surface area contributed by atoms with E-state index < -0.39 is 35.6 Å². The number of anilines is 1. The van der Waals surface area contributed by atoms with E-state index in [1.165, 1.54) is 6.42 Å². The van der Waals surface area contributed by atoms with Gasteiger partial charge in [-0.05, 0) is 69.2 Å². The molecule has 1 aromatic rings. The number of amides is 3. The number of nitrogens with zero attached hydrogens (tertiary/aromatic N) is 1. The molecule has 9 nitrogen and oxygen atoms in total. The molecular formula is C30H43N3O6. The molecule has 3 amide bonds. The Morgan fingerprint density at radius 2 is 1.85 bits per heavy atom. The summed E-state index contributed by atoms with van der Waals surface area (Å²) in [5, 5.41) is 16.6. The van der Waals surface area contributed by atoms with Crippen molar-refractivity contribution in [3.8, 4) is 5.75 Å². The third-order valence-corrected chi connectivity index (χ3v) is 9.02. The van der Waals surface area contributed by atoms with E-state index in [2.05, 4.69) is 10.6 Å². The minimum atomic E-state index is -1.06. The molecule has 6 atom stereocenters. The molecule has 2 bridgehead atoms. The molecule has 2 unspecified atom stereocenters. The van der Waals surface area contributed by atoms with Gasteiger partial charge in [0.15, 0.2) is 0 Å². The van der Waals surface area contributed by atoms with Crippen LogP contribution in [0.5, 0.6) is 5.75 Å². The Bertz CT molecular complexity index is 1060. The van der Waals surface area contributed by atoms with Crippen LogP contribution in [0.4, 0.5) is 5.69 Å². The van der Waals surface area contributed by atoms with Crippen LogP contribution in [0.3, 0.4) is 0 Å². The van der Waals surface area contributed by atoms with Crippen LogP contribution in [-0.2, 0) is 19.1 Å². The zero-order valence-corrected chi connectivity index (χ0v) is 23.4. The maximum atomic E-state index is 14.2. The molecule has 4 aliphatic rings. The molecule has 0 radical (unpaired) electrons. The minimum absolute atomic E-state index is 0.0775. The quantitative estimate of drug-likeness (QED) is 0.419. The number of likely N-dealkylation sites (tertiary alicyclic amines) is 1. The SMILES string of the molecule is CCOc1ccc(NC(=O)[C@@H]2[C@@H]3CCC4(O3)C(C(=O)NC3CCCCC3)N([C@@H](CO)CC(C)C)C(=O)[C@H]24)cc1. The van der Waals surface area contributed by atoms with E-state index in [9.17, 15) is 19.5 Å². The van der Waals surface area contributed by atoms with Gasteiger partial charge in [-0.25, -0.2) is 0 Å². The van der Waals surface area contributed by atoms with E-state index >= 15 is 0 Å². The lowest BCUT2D eigenvalue weighted by molar-refractivity contribution is -0.146. The Labute approximate surface area is 231 Å². The summed E-state index contributed by atoms with van der Waals surface area (Å²) in [4.78, 5) is 43.4. The molecule has 3 aliphatic heterocycles. The summed E-state index contributed by atoms with van der Waals surface area (Å²) < 4.78 is 12.0.